The van der Waals surface area contributed by atoms with Gasteiger partial charge in [-0.15, -0.1) is 0 Å². The van der Waals surface area contributed by atoms with Gasteiger partial charge < -0.3 is 5.32 Å². The summed E-state index contributed by atoms with van der Waals surface area (Å²) in [5.74, 6) is 0. The molecule has 1 N–H and O–H groups in total. The average molecular weight is 206 g/mol. The fourth-order valence-corrected chi connectivity index (χ4v) is 1.69. The van der Waals surface area contributed by atoms with Gasteiger partial charge in [0.1, 0.15) is 0 Å². The van der Waals surface area contributed by atoms with Crippen molar-refractivity contribution in [3.05, 3.63) is 24.0 Å². The summed E-state index contributed by atoms with van der Waals surface area (Å²) in [5.41, 5.74) is 2.35. The van der Waals surface area contributed by atoms with Gasteiger partial charge in [-0.2, -0.15) is 0 Å². The van der Waals surface area contributed by atoms with E-state index in [2.05, 4.69) is 37.1 Å². The lowest BCUT2D eigenvalue weighted by Crippen LogP contribution is -2.14. The molecule has 1 atom stereocenters. The molecule has 0 aromatic carbocycles. The Hall–Kier alpha value is -1.05. The minimum absolute atomic E-state index is 0.542. The van der Waals surface area contributed by atoms with Crippen molar-refractivity contribution in [3.8, 4) is 0 Å². The fraction of sp³-hybridized carbons (Fsp3) is 0.615. The van der Waals surface area contributed by atoms with Crippen molar-refractivity contribution >= 4 is 5.69 Å². The SMILES string of the molecule is CCCCCC(C)Nc1cncc(C)c1. The predicted octanol–water partition coefficient (Wildman–Crippen LogP) is 3.77. The summed E-state index contributed by atoms with van der Waals surface area (Å²) in [4.78, 5) is 4.17. The molecule has 1 unspecified atom stereocenters. The number of nitrogens with one attached hydrogen (secondary N) is 1. The second-order valence-corrected chi connectivity index (χ2v) is 4.29. The first kappa shape index (κ1) is 12.0. The highest BCUT2D eigenvalue weighted by molar-refractivity contribution is 5.43. The number of aromatic nitrogens is 1. The Balaban J connectivity index is 2.34. The zero-order valence-electron chi connectivity index (χ0n) is 10.1. The third-order valence-electron chi connectivity index (χ3n) is 2.53. The highest BCUT2D eigenvalue weighted by Gasteiger charge is 2.01. The van der Waals surface area contributed by atoms with Crippen LogP contribution in [0.2, 0.25) is 0 Å². The number of rotatable bonds is 6. The van der Waals surface area contributed by atoms with Crippen LogP contribution < -0.4 is 5.32 Å². The Bertz CT molecular complexity index is 284. The molecule has 1 aromatic heterocycles. The van der Waals surface area contributed by atoms with Crippen LogP contribution in [0.3, 0.4) is 0 Å². The number of aryl methyl sites for hydroxylation is 1. The first-order chi connectivity index (χ1) is 7.22. The molecule has 0 saturated heterocycles. The molecule has 0 spiro atoms. The van der Waals surface area contributed by atoms with Gasteiger partial charge in [-0.3, -0.25) is 4.98 Å². The standard InChI is InChI=1S/C13H22N2/c1-4-5-6-7-12(3)15-13-8-11(2)9-14-10-13/h8-10,12,15H,4-7H2,1-3H3. The van der Waals surface area contributed by atoms with Crippen LogP contribution in [0.25, 0.3) is 0 Å². The summed E-state index contributed by atoms with van der Waals surface area (Å²) in [6.07, 6.45) is 8.94. The maximum Gasteiger partial charge on any atom is 0.0531 e. The lowest BCUT2D eigenvalue weighted by Gasteiger charge is -2.14. The molecule has 0 saturated carbocycles. The van der Waals surface area contributed by atoms with Crippen LogP contribution in [0.5, 0.6) is 0 Å². The quantitative estimate of drug-likeness (QED) is 0.717. The Morgan fingerprint density at radius 3 is 2.80 bits per heavy atom. The van der Waals surface area contributed by atoms with E-state index < -0.39 is 0 Å². The van der Waals surface area contributed by atoms with E-state index in [-0.39, 0.29) is 0 Å². The number of unbranched alkanes of at least 4 members (excludes halogenated alkanes) is 2. The van der Waals surface area contributed by atoms with Crippen LogP contribution >= 0.6 is 0 Å². The molecule has 2 heteroatoms. The van der Waals surface area contributed by atoms with Gasteiger partial charge in [-0.05, 0) is 31.9 Å². The molecular weight excluding hydrogens is 184 g/mol. The van der Waals surface area contributed by atoms with Crippen molar-refractivity contribution in [3.63, 3.8) is 0 Å². The van der Waals surface area contributed by atoms with E-state index in [9.17, 15) is 0 Å². The van der Waals surface area contributed by atoms with E-state index >= 15 is 0 Å². The van der Waals surface area contributed by atoms with Gasteiger partial charge in [0.25, 0.3) is 0 Å². The molecular formula is C13H22N2. The maximum absolute atomic E-state index is 4.17. The largest absolute Gasteiger partial charge is 0.381 e. The smallest absolute Gasteiger partial charge is 0.0531 e. The lowest BCUT2D eigenvalue weighted by molar-refractivity contribution is 0.615. The molecule has 15 heavy (non-hydrogen) atoms. The average Bonchev–Trinajstić information content (AvgIpc) is 2.18. The number of anilines is 1. The third-order valence-corrected chi connectivity index (χ3v) is 2.53. The molecule has 0 radical (unpaired) electrons. The monoisotopic (exact) mass is 206 g/mol. The topological polar surface area (TPSA) is 24.9 Å². The van der Waals surface area contributed by atoms with Crippen molar-refractivity contribution in [1.29, 1.82) is 0 Å². The Kier molecular flexibility index (Phi) is 5.16. The van der Waals surface area contributed by atoms with E-state index in [1.807, 2.05) is 12.4 Å². The van der Waals surface area contributed by atoms with Crippen molar-refractivity contribution in [1.82, 2.24) is 4.98 Å². The minimum atomic E-state index is 0.542. The summed E-state index contributed by atoms with van der Waals surface area (Å²) in [6, 6.07) is 2.68. The maximum atomic E-state index is 4.17. The van der Waals surface area contributed by atoms with Gasteiger partial charge in [0.2, 0.25) is 0 Å². The number of nitrogens with zero attached hydrogens (tertiary/aromatic N) is 1. The molecule has 2 nitrogen and oxygen atoms in total. The highest BCUT2D eigenvalue weighted by Crippen LogP contribution is 2.12. The summed E-state index contributed by atoms with van der Waals surface area (Å²) >= 11 is 0. The van der Waals surface area contributed by atoms with Gasteiger partial charge in [-0.1, -0.05) is 26.2 Å². The van der Waals surface area contributed by atoms with E-state index in [4.69, 9.17) is 0 Å². The second kappa shape index (κ2) is 6.44. The van der Waals surface area contributed by atoms with Crippen LogP contribution in [0.1, 0.15) is 45.1 Å². The molecule has 0 aliphatic carbocycles. The normalized spacial score (nSPS) is 12.5. The molecule has 0 aliphatic rings. The number of pyridine rings is 1. The number of hydrogen-bond acceptors (Lipinski definition) is 2. The Morgan fingerprint density at radius 2 is 2.13 bits per heavy atom. The van der Waals surface area contributed by atoms with Crippen molar-refractivity contribution in [2.24, 2.45) is 0 Å². The first-order valence-corrected chi connectivity index (χ1v) is 5.90. The summed E-state index contributed by atoms with van der Waals surface area (Å²) in [7, 11) is 0. The minimum Gasteiger partial charge on any atom is -0.381 e. The molecule has 84 valence electrons. The molecule has 1 aromatic rings. The fourth-order valence-electron chi connectivity index (χ4n) is 1.69. The Labute approximate surface area is 93.1 Å². The molecule has 0 fully saturated rings. The van der Waals surface area contributed by atoms with Gasteiger partial charge in [-0.25, -0.2) is 0 Å². The molecule has 1 rings (SSSR count). The van der Waals surface area contributed by atoms with E-state index in [0.29, 0.717) is 6.04 Å². The van der Waals surface area contributed by atoms with Crippen LogP contribution in [0.4, 0.5) is 5.69 Å². The Morgan fingerprint density at radius 1 is 1.33 bits per heavy atom. The van der Waals surface area contributed by atoms with Gasteiger partial charge in [0.05, 0.1) is 5.69 Å². The third kappa shape index (κ3) is 4.82. The highest BCUT2D eigenvalue weighted by atomic mass is 14.9. The lowest BCUT2D eigenvalue weighted by atomic mass is 10.1. The molecule has 1 heterocycles. The zero-order chi connectivity index (χ0) is 11.1. The molecule has 0 aliphatic heterocycles. The van der Waals surface area contributed by atoms with Gasteiger partial charge >= 0.3 is 0 Å². The summed E-state index contributed by atoms with van der Waals surface area (Å²) in [6.45, 7) is 6.54. The van der Waals surface area contributed by atoms with E-state index in [0.717, 1.165) is 5.69 Å². The zero-order valence-corrected chi connectivity index (χ0v) is 10.1. The van der Waals surface area contributed by atoms with E-state index in [1.54, 1.807) is 0 Å². The van der Waals surface area contributed by atoms with Crippen molar-refractivity contribution in [2.75, 3.05) is 5.32 Å². The number of hydrogen-bond donors (Lipinski definition) is 1. The van der Waals surface area contributed by atoms with Crippen LogP contribution in [0.15, 0.2) is 18.5 Å². The van der Waals surface area contributed by atoms with Crippen LogP contribution in [-0.4, -0.2) is 11.0 Å². The van der Waals surface area contributed by atoms with E-state index in [1.165, 1.54) is 31.2 Å². The predicted molar refractivity (Wildman–Crippen MR) is 66.2 cm³/mol. The van der Waals surface area contributed by atoms with Crippen molar-refractivity contribution < 1.29 is 0 Å². The molecule has 0 bridgehead atoms. The van der Waals surface area contributed by atoms with Crippen molar-refractivity contribution in [2.45, 2.75) is 52.5 Å². The summed E-state index contributed by atoms with van der Waals surface area (Å²) < 4.78 is 0. The van der Waals surface area contributed by atoms with Crippen LogP contribution in [0, 0.1) is 6.92 Å². The van der Waals surface area contributed by atoms with Gasteiger partial charge in [0.15, 0.2) is 0 Å². The molecule has 0 amide bonds. The first-order valence-electron chi connectivity index (χ1n) is 5.90. The second-order valence-electron chi connectivity index (χ2n) is 4.29. The summed E-state index contributed by atoms with van der Waals surface area (Å²) in [5, 5.41) is 3.48. The van der Waals surface area contributed by atoms with Crippen LogP contribution in [-0.2, 0) is 0 Å². The van der Waals surface area contributed by atoms with Gasteiger partial charge in [0, 0.05) is 18.4 Å².